The Labute approximate surface area is 140 Å². The van der Waals surface area contributed by atoms with E-state index in [1.807, 2.05) is 24.3 Å². The van der Waals surface area contributed by atoms with Gasteiger partial charge in [-0.2, -0.15) is 0 Å². The van der Waals surface area contributed by atoms with Gasteiger partial charge in [0.25, 0.3) is 5.91 Å². The Hall–Kier alpha value is -2.20. The molecule has 0 aromatic heterocycles. The lowest BCUT2D eigenvalue weighted by atomic mass is 10.1. The van der Waals surface area contributed by atoms with E-state index in [1.165, 1.54) is 5.56 Å². The van der Waals surface area contributed by atoms with Gasteiger partial charge < -0.3 is 14.8 Å². The number of aryl methyl sites for hydroxylation is 1. The minimum atomic E-state index is -0.0990. The fourth-order valence-electron chi connectivity index (χ4n) is 2.43. The molecule has 1 aliphatic rings. The van der Waals surface area contributed by atoms with Crippen molar-refractivity contribution >= 4 is 17.5 Å². The van der Waals surface area contributed by atoms with Crippen LogP contribution in [0, 0.1) is 0 Å². The van der Waals surface area contributed by atoms with Crippen molar-refractivity contribution in [2.75, 3.05) is 19.8 Å². The van der Waals surface area contributed by atoms with E-state index in [4.69, 9.17) is 21.1 Å². The summed E-state index contributed by atoms with van der Waals surface area (Å²) in [5, 5.41) is 3.66. The monoisotopic (exact) mass is 331 g/mol. The minimum absolute atomic E-state index is 0.0990. The SMILES string of the molecule is O=C(NCCCc1ccc(Cl)cc1)c1ccc2c(c1)OCCO2. The van der Waals surface area contributed by atoms with Crippen molar-refractivity contribution in [3.05, 3.63) is 58.6 Å². The van der Waals surface area contributed by atoms with E-state index < -0.39 is 0 Å². The quantitative estimate of drug-likeness (QED) is 0.853. The molecular formula is C18H18ClNO3. The van der Waals surface area contributed by atoms with Gasteiger partial charge in [0.05, 0.1) is 0 Å². The van der Waals surface area contributed by atoms with E-state index in [0.717, 1.165) is 17.9 Å². The van der Waals surface area contributed by atoms with Gasteiger partial charge in [0, 0.05) is 17.1 Å². The number of halogens is 1. The van der Waals surface area contributed by atoms with Crippen molar-refractivity contribution in [2.24, 2.45) is 0 Å². The second-order valence-corrected chi connectivity index (χ2v) is 5.78. The van der Waals surface area contributed by atoms with Crippen LogP contribution < -0.4 is 14.8 Å². The molecule has 0 saturated heterocycles. The number of hydrogen-bond donors (Lipinski definition) is 1. The first-order valence-electron chi connectivity index (χ1n) is 7.65. The maximum atomic E-state index is 12.2. The molecule has 23 heavy (non-hydrogen) atoms. The molecule has 1 N–H and O–H groups in total. The van der Waals surface area contributed by atoms with Crippen LogP contribution in [0.1, 0.15) is 22.3 Å². The van der Waals surface area contributed by atoms with Gasteiger partial charge in [-0.3, -0.25) is 4.79 Å². The smallest absolute Gasteiger partial charge is 0.251 e. The Bertz CT molecular complexity index is 685. The van der Waals surface area contributed by atoms with Crippen molar-refractivity contribution in [1.82, 2.24) is 5.32 Å². The number of nitrogens with one attached hydrogen (secondary N) is 1. The fraction of sp³-hybridized carbons (Fsp3) is 0.278. The van der Waals surface area contributed by atoms with E-state index in [2.05, 4.69) is 5.32 Å². The molecule has 0 radical (unpaired) electrons. The lowest BCUT2D eigenvalue weighted by Crippen LogP contribution is -2.25. The number of rotatable bonds is 5. The highest BCUT2D eigenvalue weighted by atomic mass is 35.5. The molecule has 3 rings (SSSR count). The summed E-state index contributed by atoms with van der Waals surface area (Å²) in [5.41, 5.74) is 1.80. The van der Waals surface area contributed by atoms with Crippen LogP contribution in [-0.4, -0.2) is 25.7 Å². The maximum absolute atomic E-state index is 12.2. The van der Waals surface area contributed by atoms with E-state index in [0.29, 0.717) is 36.8 Å². The molecule has 0 spiro atoms. The molecule has 1 amide bonds. The van der Waals surface area contributed by atoms with Crippen LogP contribution in [0.3, 0.4) is 0 Å². The average Bonchev–Trinajstić information content (AvgIpc) is 2.59. The normalized spacial score (nSPS) is 12.7. The van der Waals surface area contributed by atoms with Gasteiger partial charge in [0.2, 0.25) is 0 Å². The van der Waals surface area contributed by atoms with Crippen molar-refractivity contribution in [1.29, 1.82) is 0 Å². The number of ether oxygens (including phenoxy) is 2. The summed E-state index contributed by atoms with van der Waals surface area (Å²) >= 11 is 5.86. The summed E-state index contributed by atoms with van der Waals surface area (Å²) in [7, 11) is 0. The predicted molar refractivity (Wildman–Crippen MR) is 89.5 cm³/mol. The van der Waals surface area contributed by atoms with Gasteiger partial charge in [-0.1, -0.05) is 23.7 Å². The summed E-state index contributed by atoms with van der Waals surface area (Å²) in [6, 6.07) is 13.0. The Morgan fingerprint density at radius 2 is 1.78 bits per heavy atom. The summed E-state index contributed by atoms with van der Waals surface area (Å²) < 4.78 is 10.9. The van der Waals surface area contributed by atoms with E-state index in [9.17, 15) is 4.79 Å². The highest BCUT2D eigenvalue weighted by molar-refractivity contribution is 6.30. The molecule has 2 aromatic carbocycles. The van der Waals surface area contributed by atoms with Crippen LogP contribution in [0.25, 0.3) is 0 Å². The molecule has 2 aromatic rings. The van der Waals surface area contributed by atoms with Crippen molar-refractivity contribution in [2.45, 2.75) is 12.8 Å². The van der Waals surface area contributed by atoms with Crippen molar-refractivity contribution < 1.29 is 14.3 Å². The van der Waals surface area contributed by atoms with Gasteiger partial charge in [-0.25, -0.2) is 0 Å². The summed E-state index contributed by atoms with van der Waals surface area (Å²) in [6.45, 7) is 1.68. The standard InChI is InChI=1S/C18H18ClNO3/c19-15-6-3-13(4-7-15)2-1-9-20-18(21)14-5-8-16-17(12-14)23-11-10-22-16/h3-8,12H,1-2,9-11H2,(H,20,21). The molecule has 5 heteroatoms. The van der Waals surface area contributed by atoms with E-state index >= 15 is 0 Å². The number of hydrogen-bond acceptors (Lipinski definition) is 3. The first kappa shape index (κ1) is 15.7. The zero-order chi connectivity index (χ0) is 16.1. The largest absolute Gasteiger partial charge is 0.486 e. The number of benzene rings is 2. The topological polar surface area (TPSA) is 47.6 Å². The lowest BCUT2D eigenvalue weighted by Gasteiger charge is -2.18. The summed E-state index contributed by atoms with van der Waals surface area (Å²) in [4.78, 5) is 12.2. The first-order chi connectivity index (χ1) is 11.2. The Morgan fingerprint density at radius 3 is 2.57 bits per heavy atom. The third-order valence-corrected chi connectivity index (χ3v) is 3.90. The lowest BCUT2D eigenvalue weighted by molar-refractivity contribution is 0.0952. The molecule has 1 heterocycles. The molecule has 120 valence electrons. The zero-order valence-electron chi connectivity index (χ0n) is 12.7. The second-order valence-electron chi connectivity index (χ2n) is 5.34. The number of carbonyl (C=O) groups excluding carboxylic acids is 1. The first-order valence-corrected chi connectivity index (χ1v) is 8.02. The van der Waals surface area contributed by atoms with Crippen LogP contribution >= 0.6 is 11.6 Å². The predicted octanol–water partition coefficient (Wildman–Crippen LogP) is 3.47. The second kappa shape index (κ2) is 7.38. The molecule has 0 aliphatic carbocycles. The average molecular weight is 332 g/mol. The summed E-state index contributed by atoms with van der Waals surface area (Å²) in [6.07, 6.45) is 1.77. The molecule has 0 unspecified atom stereocenters. The number of amides is 1. The van der Waals surface area contributed by atoms with Crippen LogP contribution in [0.2, 0.25) is 5.02 Å². The van der Waals surface area contributed by atoms with Gasteiger partial charge >= 0.3 is 0 Å². The van der Waals surface area contributed by atoms with Crippen LogP contribution in [0.5, 0.6) is 11.5 Å². The zero-order valence-corrected chi connectivity index (χ0v) is 13.4. The van der Waals surface area contributed by atoms with E-state index in [1.54, 1.807) is 18.2 Å². The Balaban J connectivity index is 1.48. The van der Waals surface area contributed by atoms with Gasteiger partial charge in [-0.15, -0.1) is 0 Å². The maximum Gasteiger partial charge on any atom is 0.251 e. The number of fused-ring (bicyclic) bond motifs is 1. The molecule has 1 aliphatic heterocycles. The third-order valence-electron chi connectivity index (χ3n) is 3.65. The van der Waals surface area contributed by atoms with Crippen molar-refractivity contribution in [3.63, 3.8) is 0 Å². The minimum Gasteiger partial charge on any atom is -0.486 e. The molecular weight excluding hydrogens is 314 g/mol. The molecule has 4 nitrogen and oxygen atoms in total. The molecule has 0 fully saturated rings. The van der Waals surface area contributed by atoms with Gasteiger partial charge in [0.1, 0.15) is 13.2 Å². The van der Waals surface area contributed by atoms with Crippen LogP contribution in [0.4, 0.5) is 0 Å². The fourth-order valence-corrected chi connectivity index (χ4v) is 2.56. The van der Waals surface area contributed by atoms with Gasteiger partial charge in [0.15, 0.2) is 11.5 Å². The van der Waals surface area contributed by atoms with Gasteiger partial charge in [-0.05, 0) is 48.7 Å². The highest BCUT2D eigenvalue weighted by Crippen LogP contribution is 2.30. The highest BCUT2D eigenvalue weighted by Gasteiger charge is 2.14. The molecule has 0 bridgehead atoms. The van der Waals surface area contributed by atoms with Crippen molar-refractivity contribution in [3.8, 4) is 11.5 Å². The Kier molecular flexibility index (Phi) is 5.03. The molecule has 0 atom stereocenters. The number of carbonyl (C=O) groups is 1. The Morgan fingerprint density at radius 1 is 1.04 bits per heavy atom. The summed E-state index contributed by atoms with van der Waals surface area (Å²) in [5.74, 6) is 1.22. The third kappa shape index (κ3) is 4.17. The molecule has 0 saturated carbocycles. The van der Waals surface area contributed by atoms with E-state index in [-0.39, 0.29) is 5.91 Å². The van der Waals surface area contributed by atoms with Crippen LogP contribution in [-0.2, 0) is 6.42 Å². The van der Waals surface area contributed by atoms with Crippen LogP contribution in [0.15, 0.2) is 42.5 Å².